The summed E-state index contributed by atoms with van der Waals surface area (Å²) in [6, 6.07) is 12.1. The smallest absolute Gasteiger partial charge is 0.269 e. The highest BCUT2D eigenvalue weighted by atomic mass is 16.6. The number of carbonyl (C=O) groups is 1. The van der Waals surface area contributed by atoms with Gasteiger partial charge in [0.25, 0.3) is 5.69 Å². The zero-order chi connectivity index (χ0) is 23.1. The van der Waals surface area contributed by atoms with Crippen molar-refractivity contribution < 1.29 is 19.2 Å². The Balaban J connectivity index is 1.55. The van der Waals surface area contributed by atoms with Crippen molar-refractivity contribution in [2.45, 2.75) is 13.8 Å². The fourth-order valence-electron chi connectivity index (χ4n) is 3.41. The lowest BCUT2D eigenvalue weighted by atomic mass is 10.1. The number of piperazine rings is 1. The first kappa shape index (κ1) is 23.1. The summed E-state index contributed by atoms with van der Waals surface area (Å²) >= 11 is 0. The summed E-state index contributed by atoms with van der Waals surface area (Å²) in [6.45, 7) is 7.30. The monoisotopic (exact) mass is 439 g/mol. The Kier molecular flexibility index (Phi) is 7.70. The molecule has 0 bridgehead atoms. The van der Waals surface area contributed by atoms with E-state index in [4.69, 9.17) is 9.47 Å². The summed E-state index contributed by atoms with van der Waals surface area (Å²) in [5.74, 6) is 1.69. The molecule has 1 aliphatic rings. The van der Waals surface area contributed by atoms with Crippen LogP contribution in [0, 0.1) is 16.0 Å². The van der Waals surface area contributed by atoms with E-state index in [9.17, 15) is 14.9 Å². The van der Waals surface area contributed by atoms with Gasteiger partial charge in [-0.15, -0.1) is 0 Å². The molecule has 0 radical (unpaired) electrons. The summed E-state index contributed by atoms with van der Waals surface area (Å²) in [4.78, 5) is 26.9. The number of hydrogen-bond acceptors (Lipinski definition) is 6. The van der Waals surface area contributed by atoms with Gasteiger partial charge in [0.2, 0.25) is 5.91 Å². The van der Waals surface area contributed by atoms with E-state index in [-0.39, 0.29) is 11.6 Å². The molecule has 0 aromatic heterocycles. The summed E-state index contributed by atoms with van der Waals surface area (Å²) in [5, 5.41) is 10.8. The quantitative estimate of drug-likeness (QED) is 0.351. The van der Waals surface area contributed by atoms with Crippen LogP contribution in [0.15, 0.2) is 48.5 Å². The van der Waals surface area contributed by atoms with Crippen molar-refractivity contribution in [3.63, 3.8) is 0 Å². The standard InChI is InChI=1S/C24H29N3O5/c1-18(2)17-32-22-10-4-19(16-23(22)31-3)5-11-24(28)26-14-12-25(13-15-26)20-6-8-21(9-7-20)27(29)30/h4-11,16,18H,12-15,17H2,1-3H3/b11-5+. The maximum Gasteiger partial charge on any atom is 0.269 e. The fourth-order valence-corrected chi connectivity index (χ4v) is 3.41. The van der Waals surface area contributed by atoms with Crippen LogP contribution < -0.4 is 14.4 Å². The van der Waals surface area contributed by atoms with Crippen LogP contribution in [0.4, 0.5) is 11.4 Å². The zero-order valence-corrected chi connectivity index (χ0v) is 18.7. The lowest BCUT2D eigenvalue weighted by Crippen LogP contribution is -2.48. The molecule has 2 aromatic rings. The van der Waals surface area contributed by atoms with Crippen LogP contribution in [0.3, 0.4) is 0 Å². The summed E-state index contributed by atoms with van der Waals surface area (Å²) < 4.78 is 11.2. The van der Waals surface area contributed by atoms with Crippen molar-refractivity contribution in [1.29, 1.82) is 0 Å². The number of nitro benzene ring substituents is 1. The molecule has 32 heavy (non-hydrogen) atoms. The fraction of sp³-hybridized carbons (Fsp3) is 0.375. The number of nitrogens with zero attached hydrogens (tertiary/aromatic N) is 3. The number of hydrogen-bond donors (Lipinski definition) is 0. The lowest BCUT2D eigenvalue weighted by molar-refractivity contribution is -0.384. The van der Waals surface area contributed by atoms with Gasteiger partial charge in [-0.2, -0.15) is 0 Å². The van der Waals surface area contributed by atoms with Crippen LogP contribution >= 0.6 is 0 Å². The molecule has 1 amide bonds. The summed E-state index contributed by atoms with van der Waals surface area (Å²) in [5.41, 5.74) is 1.85. The molecule has 1 aliphatic heterocycles. The third-order valence-electron chi connectivity index (χ3n) is 5.20. The highest BCUT2D eigenvalue weighted by Crippen LogP contribution is 2.29. The molecule has 0 N–H and O–H groups in total. The second-order valence-electron chi connectivity index (χ2n) is 8.03. The number of nitro groups is 1. The largest absolute Gasteiger partial charge is 0.493 e. The zero-order valence-electron chi connectivity index (χ0n) is 18.7. The molecular formula is C24H29N3O5. The van der Waals surface area contributed by atoms with Crippen molar-refractivity contribution in [1.82, 2.24) is 4.90 Å². The van der Waals surface area contributed by atoms with E-state index in [1.807, 2.05) is 18.2 Å². The van der Waals surface area contributed by atoms with E-state index in [0.29, 0.717) is 50.2 Å². The van der Waals surface area contributed by atoms with Gasteiger partial charge in [-0.05, 0) is 41.8 Å². The van der Waals surface area contributed by atoms with Crippen molar-refractivity contribution in [3.05, 3.63) is 64.2 Å². The number of non-ortho nitro benzene ring substituents is 1. The second kappa shape index (κ2) is 10.7. The molecule has 8 heteroatoms. The van der Waals surface area contributed by atoms with Gasteiger partial charge in [0.15, 0.2) is 11.5 Å². The number of carbonyl (C=O) groups excluding carboxylic acids is 1. The van der Waals surface area contributed by atoms with Crippen LogP contribution in [0.1, 0.15) is 19.4 Å². The third-order valence-corrected chi connectivity index (χ3v) is 5.20. The second-order valence-corrected chi connectivity index (χ2v) is 8.03. The summed E-state index contributed by atoms with van der Waals surface area (Å²) in [6.07, 6.45) is 3.35. The molecule has 0 aliphatic carbocycles. The van der Waals surface area contributed by atoms with Crippen molar-refractivity contribution in [3.8, 4) is 11.5 Å². The Morgan fingerprint density at radius 3 is 2.38 bits per heavy atom. The van der Waals surface area contributed by atoms with Crippen LogP contribution in [0.25, 0.3) is 6.08 Å². The number of methoxy groups -OCH3 is 1. The number of benzene rings is 2. The first-order valence-corrected chi connectivity index (χ1v) is 10.6. The molecular weight excluding hydrogens is 410 g/mol. The molecule has 0 spiro atoms. The Morgan fingerprint density at radius 2 is 1.78 bits per heavy atom. The minimum Gasteiger partial charge on any atom is -0.493 e. The minimum atomic E-state index is -0.408. The van der Waals surface area contributed by atoms with E-state index in [1.54, 1.807) is 36.3 Å². The van der Waals surface area contributed by atoms with E-state index in [2.05, 4.69) is 18.7 Å². The molecule has 1 heterocycles. The van der Waals surface area contributed by atoms with Crippen molar-refractivity contribution in [2.24, 2.45) is 5.92 Å². The summed E-state index contributed by atoms with van der Waals surface area (Å²) in [7, 11) is 1.60. The Hall–Kier alpha value is -3.55. The SMILES string of the molecule is COc1cc(/C=C/C(=O)N2CCN(c3ccc([N+](=O)[O-])cc3)CC2)ccc1OCC(C)C. The third kappa shape index (κ3) is 6.00. The van der Waals surface area contributed by atoms with E-state index >= 15 is 0 Å². The van der Waals surface area contributed by atoms with E-state index in [1.165, 1.54) is 12.1 Å². The van der Waals surface area contributed by atoms with Gasteiger partial charge < -0.3 is 19.3 Å². The topological polar surface area (TPSA) is 85.2 Å². The Labute approximate surface area is 188 Å². The number of rotatable bonds is 8. The van der Waals surface area contributed by atoms with Crippen LogP contribution in [0.5, 0.6) is 11.5 Å². The number of amides is 1. The predicted octanol–water partition coefficient (Wildman–Crippen LogP) is 4.00. The van der Waals surface area contributed by atoms with Gasteiger partial charge >= 0.3 is 0 Å². The van der Waals surface area contributed by atoms with E-state index < -0.39 is 4.92 Å². The van der Waals surface area contributed by atoms with Crippen LogP contribution in [-0.2, 0) is 4.79 Å². The highest BCUT2D eigenvalue weighted by molar-refractivity contribution is 5.92. The molecule has 3 rings (SSSR count). The molecule has 0 atom stereocenters. The van der Waals surface area contributed by atoms with Gasteiger partial charge in [0.1, 0.15) is 0 Å². The molecule has 1 fully saturated rings. The first-order chi connectivity index (χ1) is 15.4. The average Bonchev–Trinajstić information content (AvgIpc) is 2.81. The maximum atomic E-state index is 12.6. The minimum absolute atomic E-state index is 0.0487. The molecule has 170 valence electrons. The van der Waals surface area contributed by atoms with Gasteiger partial charge in [0.05, 0.1) is 18.6 Å². The van der Waals surface area contributed by atoms with Crippen LogP contribution in [0.2, 0.25) is 0 Å². The van der Waals surface area contributed by atoms with Gasteiger partial charge in [-0.25, -0.2) is 0 Å². The average molecular weight is 440 g/mol. The van der Waals surface area contributed by atoms with Gasteiger partial charge in [-0.3, -0.25) is 14.9 Å². The van der Waals surface area contributed by atoms with Crippen molar-refractivity contribution >= 4 is 23.4 Å². The molecule has 0 saturated carbocycles. The Morgan fingerprint density at radius 1 is 1.09 bits per heavy atom. The Bertz CT molecular complexity index is 964. The normalized spacial score (nSPS) is 14.1. The predicted molar refractivity (Wildman–Crippen MR) is 124 cm³/mol. The molecule has 0 unspecified atom stereocenters. The lowest BCUT2D eigenvalue weighted by Gasteiger charge is -2.35. The van der Waals surface area contributed by atoms with E-state index in [0.717, 1.165) is 11.3 Å². The highest BCUT2D eigenvalue weighted by Gasteiger charge is 2.20. The van der Waals surface area contributed by atoms with Gasteiger partial charge in [0, 0.05) is 50.1 Å². The number of anilines is 1. The van der Waals surface area contributed by atoms with Crippen molar-refractivity contribution in [2.75, 3.05) is 44.8 Å². The molecule has 8 nitrogen and oxygen atoms in total. The number of ether oxygens (including phenoxy) is 2. The van der Waals surface area contributed by atoms with Crippen LogP contribution in [-0.4, -0.2) is 55.6 Å². The molecule has 2 aromatic carbocycles. The first-order valence-electron chi connectivity index (χ1n) is 10.6. The van der Waals surface area contributed by atoms with Gasteiger partial charge in [-0.1, -0.05) is 19.9 Å². The maximum absolute atomic E-state index is 12.6. The molecule has 1 saturated heterocycles.